The topological polar surface area (TPSA) is 82.5 Å². The van der Waals surface area contributed by atoms with Crippen LogP contribution >= 0.6 is 11.6 Å². The Balaban J connectivity index is 1.81. The Kier molecular flexibility index (Phi) is 2.96. The molecule has 2 heterocycles. The number of halogens is 1. The number of hydrogen-bond donors (Lipinski definition) is 0. The second-order valence-corrected chi connectivity index (χ2v) is 4.32. The number of tetrazole rings is 1. The highest BCUT2D eigenvalue weighted by molar-refractivity contribution is 6.30. The second kappa shape index (κ2) is 4.77. The van der Waals surface area contributed by atoms with Gasteiger partial charge in [-0.15, -0.1) is 10.2 Å². The molecule has 0 aliphatic rings. The Bertz CT molecular complexity index is 689. The summed E-state index contributed by atoms with van der Waals surface area (Å²) < 4.78 is 4.88. The minimum Gasteiger partial charge on any atom is -0.340 e. The largest absolute Gasteiger partial charge is 0.340 e. The van der Waals surface area contributed by atoms with Crippen molar-refractivity contribution in [1.82, 2.24) is 30.3 Å². The highest BCUT2D eigenvalue weighted by Gasteiger charge is 2.09. The lowest BCUT2D eigenvalue weighted by atomic mass is 10.2. The van der Waals surface area contributed by atoms with E-state index in [1.165, 1.54) is 4.80 Å². The van der Waals surface area contributed by atoms with Gasteiger partial charge in [0.25, 0.3) is 0 Å². The van der Waals surface area contributed by atoms with Crippen LogP contribution in [-0.4, -0.2) is 30.3 Å². The quantitative estimate of drug-likeness (QED) is 0.724. The summed E-state index contributed by atoms with van der Waals surface area (Å²) >= 11 is 5.83. The van der Waals surface area contributed by atoms with E-state index in [0.717, 1.165) is 5.56 Å². The van der Waals surface area contributed by atoms with E-state index in [4.69, 9.17) is 16.1 Å². The van der Waals surface area contributed by atoms with Crippen LogP contribution in [0.1, 0.15) is 11.7 Å². The van der Waals surface area contributed by atoms with Crippen molar-refractivity contribution in [2.75, 3.05) is 0 Å². The standard InChI is InChI=1S/C11H9ClN6O/c1-7-13-10(16-19-7)6-18-15-11(14-17-18)8-2-4-9(12)5-3-8/h2-5H,6H2,1H3. The molecule has 8 heteroatoms. The molecule has 0 radical (unpaired) electrons. The summed E-state index contributed by atoms with van der Waals surface area (Å²) in [6, 6.07) is 7.23. The first-order valence-electron chi connectivity index (χ1n) is 5.53. The van der Waals surface area contributed by atoms with Crippen molar-refractivity contribution in [3.8, 4) is 11.4 Å². The lowest BCUT2D eigenvalue weighted by molar-refractivity contribution is 0.383. The Morgan fingerprint density at radius 3 is 2.74 bits per heavy atom. The van der Waals surface area contributed by atoms with Crippen molar-refractivity contribution in [1.29, 1.82) is 0 Å². The zero-order valence-electron chi connectivity index (χ0n) is 9.99. The van der Waals surface area contributed by atoms with E-state index in [-0.39, 0.29) is 0 Å². The minimum absolute atomic E-state index is 0.317. The average Bonchev–Trinajstić information content (AvgIpc) is 3.00. The van der Waals surface area contributed by atoms with E-state index in [1.807, 2.05) is 12.1 Å². The summed E-state index contributed by atoms with van der Waals surface area (Å²) in [5, 5.41) is 16.6. The highest BCUT2D eigenvalue weighted by Crippen LogP contribution is 2.16. The zero-order chi connectivity index (χ0) is 13.2. The van der Waals surface area contributed by atoms with Crippen LogP contribution in [0.25, 0.3) is 11.4 Å². The van der Waals surface area contributed by atoms with Gasteiger partial charge in [-0.3, -0.25) is 0 Å². The Morgan fingerprint density at radius 2 is 2.05 bits per heavy atom. The van der Waals surface area contributed by atoms with Crippen LogP contribution < -0.4 is 0 Å². The van der Waals surface area contributed by atoms with Gasteiger partial charge in [0.2, 0.25) is 11.7 Å². The van der Waals surface area contributed by atoms with Gasteiger partial charge in [-0.1, -0.05) is 16.8 Å². The van der Waals surface area contributed by atoms with E-state index in [1.54, 1.807) is 19.1 Å². The molecular formula is C11H9ClN6O. The lowest BCUT2D eigenvalue weighted by Gasteiger charge is -1.94. The van der Waals surface area contributed by atoms with E-state index < -0.39 is 0 Å². The molecular weight excluding hydrogens is 268 g/mol. The SMILES string of the molecule is Cc1nc(Cn2nnc(-c3ccc(Cl)cc3)n2)no1. The molecule has 0 unspecified atom stereocenters. The van der Waals surface area contributed by atoms with Gasteiger partial charge in [0.15, 0.2) is 5.82 Å². The number of aryl methyl sites for hydroxylation is 1. The zero-order valence-corrected chi connectivity index (χ0v) is 10.7. The first-order valence-corrected chi connectivity index (χ1v) is 5.91. The van der Waals surface area contributed by atoms with Crippen molar-refractivity contribution in [3.05, 3.63) is 41.0 Å². The third-order valence-electron chi connectivity index (χ3n) is 2.41. The number of nitrogens with zero attached hydrogens (tertiary/aromatic N) is 6. The smallest absolute Gasteiger partial charge is 0.223 e. The molecule has 0 saturated heterocycles. The van der Waals surface area contributed by atoms with Crippen LogP contribution in [0.3, 0.4) is 0 Å². The first-order chi connectivity index (χ1) is 9.20. The monoisotopic (exact) mass is 276 g/mol. The van der Waals surface area contributed by atoms with Crippen LogP contribution in [-0.2, 0) is 6.54 Å². The molecule has 0 fully saturated rings. The summed E-state index contributed by atoms with van der Waals surface area (Å²) in [4.78, 5) is 5.49. The highest BCUT2D eigenvalue weighted by atomic mass is 35.5. The summed E-state index contributed by atoms with van der Waals surface area (Å²) in [5.74, 6) is 1.54. The number of hydrogen-bond acceptors (Lipinski definition) is 6. The van der Waals surface area contributed by atoms with Crippen molar-refractivity contribution in [3.63, 3.8) is 0 Å². The summed E-state index contributed by atoms with van der Waals surface area (Å²) in [6.07, 6.45) is 0. The molecule has 7 nitrogen and oxygen atoms in total. The molecule has 0 aliphatic carbocycles. The molecule has 0 amide bonds. The lowest BCUT2D eigenvalue weighted by Crippen LogP contribution is -2.05. The van der Waals surface area contributed by atoms with Gasteiger partial charge in [0.1, 0.15) is 6.54 Å². The average molecular weight is 277 g/mol. The maximum atomic E-state index is 5.83. The summed E-state index contributed by atoms with van der Waals surface area (Å²) in [5.41, 5.74) is 0.847. The van der Waals surface area contributed by atoms with Crippen LogP contribution in [0.15, 0.2) is 28.8 Å². The van der Waals surface area contributed by atoms with E-state index in [9.17, 15) is 0 Å². The molecule has 0 spiro atoms. The first kappa shape index (κ1) is 11.8. The Labute approximate surface area is 113 Å². The fourth-order valence-corrected chi connectivity index (χ4v) is 1.68. The van der Waals surface area contributed by atoms with Crippen molar-refractivity contribution >= 4 is 11.6 Å². The third kappa shape index (κ3) is 2.60. The molecule has 3 aromatic rings. The molecule has 0 atom stereocenters. The minimum atomic E-state index is 0.317. The predicted molar refractivity (Wildman–Crippen MR) is 66.4 cm³/mol. The molecule has 2 aromatic heterocycles. The van der Waals surface area contributed by atoms with Crippen molar-refractivity contribution in [2.24, 2.45) is 0 Å². The maximum absolute atomic E-state index is 5.83. The van der Waals surface area contributed by atoms with Gasteiger partial charge in [-0.25, -0.2) is 0 Å². The molecule has 96 valence electrons. The molecule has 0 aliphatic heterocycles. The van der Waals surface area contributed by atoms with Crippen LogP contribution in [0.2, 0.25) is 5.02 Å². The molecule has 0 N–H and O–H groups in total. The molecule has 0 bridgehead atoms. The molecule has 1 aromatic carbocycles. The Morgan fingerprint density at radius 1 is 1.26 bits per heavy atom. The van der Waals surface area contributed by atoms with Gasteiger partial charge in [0, 0.05) is 17.5 Å². The third-order valence-corrected chi connectivity index (χ3v) is 2.66. The second-order valence-electron chi connectivity index (χ2n) is 3.88. The van der Waals surface area contributed by atoms with Gasteiger partial charge >= 0.3 is 0 Å². The van der Waals surface area contributed by atoms with E-state index in [2.05, 4.69) is 25.6 Å². The summed E-state index contributed by atoms with van der Waals surface area (Å²) in [6.45, 7) is 2.04. The fraction of sp³-hybridized carbons (Fsp3) is 0.182. The normalized spacial score (nSPS) is 10.8. The van der Waals surface area contributed by atoms with Crippen LogP contribution in [0.4, 0.5) is 0 Å². The van der Waals surface area contributed by atoms with Gasteiger partial charge in [0.05, 0.1) is 0 Å². The molecule has 3 rings (SSSR count). The van der Waals surface area contributed by atoms with E-state index in [0.29, 0.717) is 29.1 Å². The van der Waals surface area contributed by atoms with Gasteiger partial charge in [-0.2, -0.15) is 9.78 Å². The summed E-state index contributed by atoms with van der Waals surface area (Å²) in [7, 11) is 0. The number of aromatic nitrogens is 6. The van der Waals surface area contributed by atoms with Crippen LogP contribution in [0, 0.1) is 6.92 Å². The maximum Gasteiger partial charge on any atom is 0.223 e. The predicted octanol–water partition coefficient (Wildman–Crippen LogP) is 1.73. The van der Waals surface area contributed by atoms with Crippen molar-refractivity contribution < 1.29 is 4.52 Å². The van der Waals surface area contributed by atoms with Gasteiger partial charge < -0.3 is 4.52 Å². The van der Waals surface area contributed by atoms with Crippen molar-refractivity contribution in [2.45, 2.75) is 13.5 Å². The van der Waals surface area contributed by atoms with E-state index >= 15 is 0 Å². The van der Waals surface area contributed by atoms with Crippen LogP contribution in [0.5, 0.6) is 0 Å². The molecule has 0 saturated carbocycles. The number of rotatable bonds is 3. The Hall–Kier alpha value is -2.28. The molecule has 19 heavy (non-hydrogen) atoms. The van der Waals surface area contributed by atoms with Gasteiger partial charge in [-0.05, 0) is 29.5 Å². The number of benzene rings is 1. The fourth-order valence-electron chi connectivity index (χ4n) is 1.56.